The highest BCUT2D eigenvalue weighted by Crippen LogP contribution is 2.03. The smallest absolute Gasteiger partial charge is 0.0205 e. The standard InChI is InChI=1S/C5H9I/c1-4-5(2)6-3/h4-5H,1,3H2,2H3. The summed E-state index contributed by atoms with van der Waals surface area (Å²) in [5.74, 6) is 0. The van der Waals surface area contributed by atoms with Crippen molar-refractivity contribution in [3.63, 3.8) is 0 Å². The van der Waals surface area contributed by atoms with Crippen molar-refractivity contribution < 1.29 is 0 Å². The molecule has 0 aromatic carbocycles. The predicted octanol–water partition coefficient (Wildman–Crippen LogP) is 1.96. The van der Waals surface area contributed by atoms with Crippen LogP contribution in [0.2, 0.25) is 0 Å². The van der Waals surface area contributed by atoms with E-state index in [1.54, 1.807) is 0 Å². The van der Waals surface area contributed by atoms with Gasteiger partial charge < -0.3 is 0 Å². The third kappa shape index (κ3) is 2.57. The van der Waals surface area contributed by atoms with Crippen LogP contribution >= 0.6 is 20.7 Å². The average Bonchev–Trinajstić information content (AvgIpc) is 1.65. The van der Waals surface area contributed by atoms with Crippen molar-refractivity contribution in [3.05, 3.63) is 12.7 Å². The SMILES string of the molecule is C=CC(C)I=C. The molecule has 0 radical (unpaired) electrons. The molecule has 0 spiro atoms. The monoisotopic (exact) mass is 196 g/mol. The summed E-state index contributed by atoms with van der Waals surface area (Å²) in [6.07, 6.45) is 1.96. The molecule has 0 heterocycles. The van der Waals surface area contributed by atoms with E-state index < -0.39 is 0 Å². The van der Waals surface area contributed by atoms with E-state index >= 15 is 0 Å². The van der Waals surface area contributed by atoms with Crippen LogP contribution in [-0.2, 0) is 0 Å². The minimum atomic E-state index is 0.177. The van der Waals surface area contributed by atoms with Gasteiger partial charge in [0.25, 0.3) is 0 Å². The molecule has 0 saturated heterocycles. The Morgan fingerprint density at radius 3 is 2.33 bits per heavy atom. The van der Waals surface area contributed by atoms with Gasteiger partial charge in [0.1, 0.15) is 0 Å². The molecule has 0 aliphatic rings. The number of alkyl halides is 1. The number of allylic oxidation sites excluding steroid dienone is 1. The summed E-state index contributed by atoms with van der Waals surface area (Å²) >= 11 is 0.177. The van der Waals surface area contributed by atoms with Gasteiger partial charge in [-0.3, -0.25) is 0 Å². The molecule has 0 rings (SSSR count). The first-order chi connectivity index (χ1) is 2.81. The van der Waals surface area contributed by atoms with Crippen LogP contribution in [0.5, 0.6) is 0 Å². The molecule has 1 atom stereocenters. The van der Waals surface area contributed by atoms with Crippen molar-refractivity contribution >= 4 is 25.2 Å². The zero-order chi connectivity index (χ0) is 4.99. The number of hydrogen-bond acceptors (Lipinski definition) is 0. The van der Waals surface area contributed by atoms with Gasteiger partial charge >= 0.3 is 0 Å². The Bertz CT molecular complexity index is 49.0. The van der Waals surface area contributed by atoms with Gasteiger partial charge in [0.05, 0.1) is 0 Å². The van der Waals surface area contributed by atoms with Crippen molar-refractivity contribution in [3.8, 4) is 0 Å². The lowest BCUT2D eigenvalue weighted by atomic mass is 10.5. The molecule has 0 aromatic heterocycles. The normalized spacial score (nSPS) is 13.5. The second-order valence-corrected chi connectivity index (χ2v) is 3.91. The maximum Gasteiger partial charge on any atom is 0.0205 e. The number of hydrogen-bond donors (Lipinski definition) is 0. The van der Waals surface area contributed by atoms with E-state index in [2.05, 4.69) is 18.0 Å². The van der Waals surface area contributed by atoms with Crippen LogP contribution in [0.1, 0.15) is 6.92 Å². The minimum Gasteiger partial charge on any atom is -0.123 e. The highest BCUT2D eigenvalue weighted by atomic mass is 127. The molecule has 6 heavy (non-hydrogen) atoms. The summed E-state index contributed by atoms with van der Waals surface area (Å²) < 4.78 is 4.49. The highest BCUT2D eigenvalue weighted by molar-refractivity contribution is 14.2. The zero-order valence-electron chi connectivity index (χ0n) is 3.95. The Balaban J connectivity index is 3.21. The van der Waals surface area contributed by atoms with E-state index in [1.165, 1.54) is 0 Å². The molecule has 0 fully saturated rings. The zero-order valence-corrected chi connectivity index (χ0v) is 6.10. The van der Waals surface area contributed by atoms with Crippen LogP contribution < -0.4 is 0 Å². The first-order valence-corrected chi connectivity index (χ1v) is 4.58. The van der Waals surface area contributed by atoms with Crippen LogP contribution in [0.25, 0.3) is 0 Å². The van der Waals surface area contributed by atoms with Crippen LogP contribution in [0, 0.1) is 0 Å². The van der Waals surface area contributed by atoms with E-state index in [9.17, 15) is 0 Å². The molecule has 1 unspecified atom stereocenters. The van der Waals surface area contributed by atoms with E-state index in [0.29, 0.717) is 3.92 Å². The van der Waals surface area contributed by atoms with Crippen LogP contribution in [0.15, 0.2) is 12.7 Å². The maximum absolute atomic E-state index is 3.80. The first-order valence-electron chi connectivity index (χ1n) is 1.80. The lowest BCUT2D eigenvalue weighted by Gasteiger charge is -1.87. The molecule has 36 valence electrons. The van der Waals surface area contributed by atoms with Gasteiger partial charge in [-0.05, 0) is 0 Å². The van der Waals surface area contributed by atoms with Gasteiger partial charge in [0.2, 0.25) is 0 Å². The Morgan fingerprint density at radius 1 is 1.83 bits per heavy atom. The second-order valence-electron chi connectivity index (χ2n) is 1.07. The minimum absolute atomic E-state index is 0.177. The summed E-state index contributed by atoms with van der Waals surface area (Å²) in [7, 11) is 0. The third-order valence-electron chi connectivity index (χ3n) is 0.568. The van der Waals surface area contributed by atoms with E-state index in [-0.39, 0.29) is 20.7 Å². The van der Waals surface area contributed by atoms with Crippen LogP contribution in [0.4, 0.5) is 0 Å². The molecule has 0 aliphatic carbocycles. The second kappa shape index (κ2) is 3.53. The molecule has 0 saturated carbocycles. The van der Waals surface area contributed by atoms with E-state index in [0.717, 1.165) is 0 Å². The molecule has 0 aliphatic heterocycles. The van der Waals surface area contributed by atoms with E-state index in [1.807, 2.05) is 6.08 Å². The summed E-state index contributed by atoms with van der Waals surface area (Å²) in [5, 5.41) is 0. The van der Waals surface area contributed by atoms with Gasteiger partial charge in [0.15, 0.2) is 0 Å². The number of rotatable bonds is 2. The van der Waals surface area contributed by atoms with Gasteiger partial charge in [0, 0.05) is 3.92 Å². The Labute approximate surface area is 49.0 Å². The first kappa shape index (κ1) is 6.34. The summed E-state index contributed by atoms with van der Waals surface area (Å²) in [6, 6.07) is 0. The molecule has 0 aromatic rings. The summed E-state index contributed by atoms with van der Waals surface area (Å²) in [5.41, 5.74) is 0. The highest BCUT2D eigenvalue weighted by Gasteiger charge is 1.79. The fraction of sp³-hybridized carbons (Fsp3) is 0.400. The summed E-state index contributed by atoms with van der Waals surface area (Å²) in [6.45, 7) is 5.77. The van der Waals surface area contributed by atoms with Crippen LogP contribution in [-0.4, -0.2) is 8.44 Å². The van der Waals surface area contributed by atoms with Gasteiger partial charge in [-0.1, -0.05) is 17.5 Å². The fourth-order valence-electron chi connectivity index (χ4n) is 0.0630. The van der Waals surface area contributed by atoms with Gasteiger partial charge in [-0.2, -0.15) is 0 Å². The van der Waals surface area contributed by atoms with Crippen molar-refractivity contribution in [1.82, 2.24) is 0 Å². The molecule has 1 heteroatoms. The predicted molar refractivity (Wildman–Crippen MR) is 40.8 cm³/mol. The fourth-order valence-corrected chi connectivity index (χ4v) is 0.423. The maximum atomic E-state index is 3.80. The largest absolute Gasteiger partial charge is 0.123 e. The lowest BCUT2D eigenvalue weighted by Crippen LogP contribution is -1.76. The number of halogens is 1. The summed E-state index contributed by atoms with van der Waals surface area (Å²) in [4.78, 5) is 0. The molecule has 0 bridgehead atoms. The van der Waals surface area contributed by atoms with Crippen LogP contribution in [0.3, 0.4) is 0 Å². The van der Waals surface area contributed by atoms with Crippen molar-refractivity contribution in [2.75, 3.05) is 0 Å². The molecule has 0 amide bonds. The van der Waals surface area contributed by atoms with Crippen molar-refractivity contribution in [1.29, 1.82) is 0 Å². The topological polar surface area (TPSA) is 0 Å². The lowest BCUT2D eigenvalue weighted by molar-refractivity contribution is 1.31. The average molecular weight is 196 g/mol. The third-order valence-corrected chi connectivity index (χ3v) is 2.47. The quantitative estimate of drug-likeness (QED) is 0.359. The van der Waals surface area contributed by atoms with Crippen molar-refractivity contribution in [2.45, 2.75) is 10.8 Å². The molecular weight excluding hydrogens is 187 g/mol. The Kier molecular flexibility index (Phi) is 3.73. The Morgan fingerprint density at radius 2 is 2.33 bits per heavy atom. The Hall–Kier alpha value is 0.340. The molecular formula is C5H9I. The van der Waals surface area contributed by atoms with Crippen molar-refractivity contribution in [2.24, 2.45) is 0 Å². The molecule has 0 nitrogen and oxygen atoms in total. The van der Waals surface area contributed by atoms with E-state index in [4.69, 9.17) is 0 Å². The van der Waals surface area contributed by atoms with Gasteiger partial charge in [-0.25, -0.2) is 0 Å². The molecule has 0 N–H and O–H groups in total. The van der Waals surface area contributed by atoms with Gasteiger partial charge in [-0.15, -0.1) is 27.3 Å².